The number of hydrogen-bond donors (Lipinski definition) is 1. The molecule has 4 nitrogen and oxygen atoms in total. The number of nitrogen functional groups attached to an aromatic ring is 1. The van der Waals surface area contributed by atoms with Crippen molar-refractivity contribution in [1.82, 2.24) is 10.1 Å². The summed E-state index contributed by atoms with van der Waals surface area (Å²) in [5.41, 5.74) is 7.08. The van der Waals surface area contributed by atoms with E-state index in [2.05, 4.69) is 10.1 Å². The van der Waals surface area contributed by atoms with E-state index < -0.39 is 0 Å². The Morgan fingerprint density at radius 1 is 1.10 bits per heavy atom. The van der Waals surface area contributed by atoms with Gasteiger partial charge in [-0.1, -0.05) is 48.9 Å². The molecule has 1 saturated carbocycles. The van der Waals surface area contributed by atoms with Gasteiger partial charge in [0.25, 0.3) is 5.89 Å². The fourth-order valence-corrected chi connectivity index (χ4v) is 3.20. The van der Waals surface area contributed by atoms with Crippen molar-refractivity contribution in [1.29, 1.82) is 0 Å². The smallest absolute Gasteiger partial charge is 0.259 e. The second kappa shape index (κ2) is 6.48. The average molecular weight is 306 g/mol. The van der Waals surface area contributed by atoms with Gasteiger partial charge in [-0.25, -0.2) is 0 Å². The van der Waals surface area contributed by atoms with Crippen molar-refractivity contribution in [2.75, 3.05) is 5.73 Å². The fraction of sp³-hybridized carbons (Fsp3) is 0.500. The zero-order valence-corrected chi connectivity index (χ0v) is 12.8. The summed E-state index contributed by atoms with van der Waals surface area (Å²) in [6.45, 7) is 0. The Morgan fingerprint density at radius 3 is 2.52 bits per heavy atom. The van der Waals surface area contributed by atoms with E-state index in [4.69, 9.17) is 21.9 Å². The highest BCUT2D eigenvalue weighted by atomic mass is 35.5. The molecule has 5 heteroatoms. The monoisotopic (exact) mass is 305 g/mol. The predicted molar refractivity (Wildman–Crippen MR) is 84.2 cm³/mol. The zero-order chi connectivity index (χ0) is 14.7. The predicted octanol–water partition coefficient (Wildman–Crippen LogP) is 4.80. The molecule has 1 fully saturated rings. The number of rotatable bonds is 2. The van der Waals surface area contributed by atoms with E-state index in [1.165, 1.54) is 32.1 Å². The molecule has 2 N–H and O–H groups in total. The van der Waals surface area contributed by atoms with Gasteiger partial charge in [0.15, 0.2) is 5.82 Å². The lowest BCUT2D eigenvalue weighted by Crippen LogP contribution is -2.04. The molecule has 0 aliphatic heterocycles. The van der Waals surface area contributed by atoms with Gasteiger partial charge in [-0.15, -0.1) is 0 Å². The first-order chi connectivity index (χ1) is 10.2. The van der Waals surface area contributed by atoms with Gasteiger partial charge in [-0.05, 0) is 31.0 Å². The second-order valence-electron chi connectivity index (χ2n) is 5.74. The molecule has 1 aliphatic carbocycles. The van der Waals surface area contributed by atoms with Crippen molar-refractivity contribution < 1.29 is 4.52 Å². The lowest BCUT2D eigenvalue weighted by atomic mass is 9.91. The van der Waals surface area contributed by atoms with Crippen molar-refractivity contribution in [2.24, 2.45) is 0 Å². The number of hydrogen-bond acceptors (Lipinski definition) is 4. The van der Waals surface area contributed by atoms with Gasteiger partial charge in [0.1, 0.15) is 0 Å². The molecule has 0 unspecified atom stereocenters. The molecule has 3 rings (SSSR count). The van der Waals surface area contributed by atoms with E-state index in [-0.39, 0.29) is 0 Å². The Morgan fingerprint density at radius 2 is 1.81 bits per heavy atom. The highest BCUT2D eigenvalue weighted by Crippen LogP contribution is 2.32. The maximum absolute atomic E-state index is 6.20. The molecular formula is C16H20ClN3O. The third-order valence-corrected chi connectivity index (χ3v) is 4.45. The molecule has 1 aromatic carbocycles. The van der Waals surface area contributed by atoms with Crippen molar-refractivity contribution in [3.8, 4) is 11.5 Å². The molecule has 0 radical (unpaired) electrons. The number of nitrogens with two attached hydrogens (primary N) is 1. The van der Waals surface area contributed by atoms with Crippen LogP contribution in [0.15, 0.2) is 22.7 Å². The summed E-state index contributed by atoms with van der Waals surface area (Å²) >= 11 is 6.20. The lowest BCUT2D eigenvalue weighted by Gasteiger charge is -2.15. The van der Waals surface area contributed by atoms with Crippen molar-refractivity contribution in [2.45, 2.75) is 50.9 Å². The minimum absolute atomic E-state index is 0.412. The number of benzene rings is 1. The van der Waals surface area contributed by atoms with Gasteiger partial charge in [-0.2, -0.15) is 4.98 Å². The van der Waals surface area contributed by atoms with E-state index >= 15 is 0 Å². The standard InChI is InChI=1S/C16H20ClN3O/c17-14-10-12(18)8-9-13(14)16-19-15(20-21-16)11-6-4-2-1-3-5-7-11/h8-11H,1-7,18H2. The number of halogens is 1. The Bertz CT molecular complexity index is 603. The Kier molecular flexibility index (Phi) is 4.44. The topological polar surface area (TPSA) is 64.9 Å². The molecule has 1 aromatic heterocycles. The van der Waals surface area contributed by atoms with Crippen LogP contribution in [0.2, 0.25) is 5.02 Å². The summed E-state index contributed by atoms with van der Waals surface area (Å²) in [5.74, 6) is 1.72. The van der Waals surface area contributed by atoms with Crippen LogP contribution in [0.1, 0.15) is 56.7 Å². The Hall–Kier alpha value is -1.55. The minimum Gasteiger partial charge on any atom is -0.399 e. The first-order valence-corrected chi connectivity index (χ1v) is 8.01. The quantitative estimate of drug-likeness (QED) is 0.809. The summed E-state index contributed by atoms with van der Waals surface area (Å²) in [5, 5.41) is 4.72. The van der Waals surface area contributed by atoms with Crippen LogP contribution in [-0.4, -0.2) is 10.1 Å². The molecule has 1 heterocycles. The van der Waals surface area contributed by atoms with Gasteiger partial charge in [-0.3, -0.25) is 0 Å². The number of aromatic nitrogens is 2. The first-order valence-electron chi connectivity index (χ1n) is 7.63. The van der Waals surface area contributed by atoms with Crippen LogP contribution in [0.25, 0.3) is 11.5 Å². The van der Waals surface area contributed by atoms with E-state index in [0.717, 1.165) is 24.2 Å². The highest BCUT2D eigenvalue weighted by molar-refractivity contribution is 6.33. The Labute approximate surface area is 129 Å². The molecular weight excluding hydrogens is 286 g/mol. The van der Waals surface area contributed by atoms with Gasteiger partial charge >= 0.3 is 0 Å². The highest BCUT2D eigenvalue weighted by Gasteiger charge is 2.20. The van der Waals surface area contributed by atoms with Crippen LogP contribution >= 0.6 is 11.6 Å². The lowest BCUT2D eigenvalue weighted by molar-refractivity contribution is 0.393. The first kappa shape index (κ1) is 14.4. The van der Waals surface area contributed by atoms with Crippen molar-refractivity contribution in [3.05, 3.63) is 29.0 Å². The molecule has 0 amide bonds. The number of nitrogens with zero attached hydrogens (tertiary/aromatic N) is 2. The molecule has 0 spiro atoms. The number of anilines is 1. The second-order valence-corrected chi connectivity index (χ2v) is 6.15. The van der Waals surface area contributed by atoms with Gasteiger partial charge < -0.3 is 10.3 Å². The van der Waals surface area contributed by atoms with E-state index in [0.29, 0.717) is 22.5 Å². The van der Waals surface area contributed by atoms with Crippen molar-refractivity contribution >= 4 is 17.3 Å². The normalized spacial score (nSPS) is 17.4. The molecule has 1 aliphatic rings. The van der Waals surface area contributed by atoms with Crippen LogP contribution in [0.5, 0.6) is 0 Å². The Balaban J connectivity index is 1.81. The largest absolute Gasteiger partial charge is 0.399 e. The molecule has 2 aromatic rings. The summed E-state index contributed by atoms with van der Waals surface area (Å²) in [6, 6.07) is 5.32. The molecule has 0 saturated heterocycles. The molecule has 112 valence electrons. The summed E-state index contributed by atoms with van der Waals surface area (Å²) in [6.07, 6.45) is 8.76. The van der Waals surface area contributed by atoms with Gasteiger partial charge in [0.05, 0.1) is 10.6 Å². The summed E-state index contributed by atoms with van der Waals surface area (Å²) in [4.78, 5) is 4.56. The maximum Gasteiger partial charge on any atom is 0.259 e. The minimum atomic E-state index is 0.412. The maximum atomic E-state index is 6.20. The third-order valence-electron chi connectivity index (χ3n) is 4.14. The SMILES string of the molecule is Nc1ccc(-c2nc(C3CCCCCCC3)no2)c(Cl)c1. The van der Waals surface area contributed by atoms with Crippen LogP contribution in [-0.2, 0) is 0 Å². The van der Waals surface area contributed by atoms with E-state index in [1.807, 2.05) is 6.07 Å². The average Bonchev–Trinajstić information content (AvgIpc) is 2.87. The third kappa shape index (κ3) is 3.38. The van der Waals surface area contributed by atoms with E-state index in [1.54, 1.807) is 12.1 Å². The van der Waals surface area contributed by atoms with Crippen LogP contribution in [0, 0.1) is 0 Å². The van der Waals surface area contributed by atoms with Crippen LogP contribution in [0.3, 0.4) is 0 Å². The fourth-order valence-electron chi connectivity index (χ4n) is 2.93. The zero-order valence-electron chi connectivity index (χ0n) is 12.0. The van der Waals surface area contributed by atoms with Crippen molar-refractivity contribution in [3.63, 3.8) is 0 Å². The summed E-state index contributed by atoms with van der Waals surface area (Å²) in [7, 11) is 0. The molecule has 0 bridgehead atoms. The summed E-state index contributed by atoms with van der Waals surface area (Å²) < 4.78 is 5.41. The molecule has 21 heavy (non-hydrogen) atoms. The van der Waals surface area contributed by atoms with E-state index in [9.17, 15) is 0 Å². The van der Waals surface area contributed by atoms with Crippen LogP contribution in [0.4, 0.5) is 5.69 Å². The molecule has 0 atom stereocenters. The van der Waals surface area contributed by atoms with Gasteiger partial charge in [0.2, 0.25) is 0 Å². The van der Waals surface area contributed by atoms with Gasteiger partial charge in [0, 0.05) is 11.6 Å². The van der Waals surface area contributed by atoms with Crippen LogP contribution < -0.4 is 5.73 Å².